The molecule has 0 atom stereocenters. The maximum absolute atomic E-state index is 12.0. The molecule has 0 saturated carbocycles. The van der Waals surface area contributed by atoms with Crippen LogP contribution in [0.3, 0.4) is 0 Å². The largest absolute Gasteiger partial charge is 0.302 e. The van der Waals surface area contributed by atoms with Crippen molar-refractivity contribution in [1.29, 1.82) is 0 Å². The number of amides is 1. The van der Waals surface area contributed by atoms with E-state index in [1.165, 1.54) is 11.3 Å². The molecular formula is C16H11Cl3N2OS2. The summed E-state index contributed by atoms with van der Waals surface area (Å²) in [5.41, 5.74) is 0.650. The van der Waals surface area contributed by atoms with E-state index in [0.717, 1.165) is 9.60 Å². The SMILES string of the molecule is O=C(CCSc1ccc(Cl)cc1)Nc1nc2c(Cl)cc(Cl)cc2s1. The molecule has 0 saturated heterocycles. The second-order valence-corrected chi connectivity index (χ2v) is 8.33. The van der Waals surface area contributed by atoms with Gasteiger partial charge in [-0.25, -0.2) is 4.98 Å². The minimum absolute atomic E-state index is 0.0854. The molecule has 1 N–H and O–H groups in total. The van der Waals surface area contributed by atoms with Crippen LogP contribution in [0.1, 0.15) is 6.42 Å². The van der Waals surface area contributed by atoms with Crippen LogP contribution in [0.4, 0.5) is 5.13 Å². The molecule has 3 nitrogen and oxygen atoms in total. The van der Waals surface area contributed by atoms with Crippen LogP contribution in [0.25, 0.3) is 10.2 Å². The Morgan fingerprint density at radius 1 is 1.12 bits per heavy atom. The predicted molar refractivity (Wildman–Crippen MR) is 105 cm³/mol. The summed E-state index contributed by atoms with van der Waals surface area (Å²) in [5.74, 6) is 0.586. The van der Waals surface area contributed by atoms with Gasteiger partial charge in [-0.1, -0.05) is 46.1 Å². The van der Waals surface area contributed by atoms with Crippen molar-refractivity contribution in [3.63, 3.8) is 0 Å². The molecule has 0 unspecified atom stereocenters. The fourth-order valence-electron chi connectivity index (χ4n) is 1.98. The fourth-order valence-corrected chi connectivity index (χ4v) is 4.57. The molecule has 0 bridgehead atoms. The smallest absolute Gasteiger partial charge is 0.226 e. The molecule has 2 aromatic carbocycles. The van der Waals surface area contributed by atoms with Gasteiger partial charge in [-0.3, -0.25) is 4.79 Å². The van der Waals surface area contributed by atoms with Gasteiger partial charge in [-0.2, -0.15) is 0 Å². The summed E-state index contributed by atoms with van der Waals surface area (Å²) < 4.78 is 0.846. The Balaban J connectivity index is 1.57. The molecule has 0 aliphatic carbocycles. The summed E-state index contributed by atoms with van der Waals surface area (Å²) in [6.07, 6.45) is 0.387. The molecule has 8 heteroatoms. The molecule has 124 valence electrons. The Bertz CT molecular complexity index is 881. The number of thiazole rings is 1. The van der Waals surface area contributed by atoms with Gasteiger partial charge in [-0.15, -0.1) is 11.8 Å². The van der Waals surface area contributed by atoms with Crippen LogP contribution in [0.5, 0.6) is 0 Å². The number of hydrogen-bond acceptors (Lipinski definition) is 4. The third-order valence-corrected chi connectivity index (χ3v) is 5.76. The number of rotatable bonds is 5. The van der Waals surface area contributed by atoms with E-state index in [0.29, 0.717) is 37.9 Å². The first-order chi connectivity index (χ1) is 11.5. The number of nitrogens with zero attached hydrogens (tertiary/aromatic N) is 1. The van der Waals surface area contributed by atoms with Gasteiger partial charge in [0.15, 0.2) is 5.13 Å². The highest BCUT2D eigenvalue weighted by molar-refractivity contribution is 7.99. The van der Waals surface area contributed by atoms with Crippen LogP contribution in [-0.2, 0) is 4.79 Å². The van der Waals surface area contributed by atoms with Crippen molar-refractivity contribution in [2.24, 2.45) is 0 Å². The number of thioether (sulfide) groups is 1. The van der Waals surface area contributed by atoms with E-state index < -0.39 is 0 Å². The molecule has 0 aliphatic heterocycles. The van der Waals surface area contributed by atoms with Crippen LogP contribution in [-0.4, -0.2) is 16.6 Å². The van der Waals surface area contributed by atoms with Crippen molar-refractivity contribution in [2.75, 3.05) is 11.1 Å². The van der Waals surface area contributed by atoms with Gasteiger partial charge in [0.1, 0.15) is 5.52 Å². The molecule has 0 fully saturated rings. The van der Waals surface area contributed by atoms with E-state index >= 15 is 0 Å². The lowest BCUT2D eigenvalue weighted by atomic mass is 10.3. The Morgan fingerprint density at radius 3 is 2.62 bits per heavy atom. The maximum atomic E-state index is 12.0. The minimum Gasteiger partial charge on any atom is -0.302 e. The number of anilines is 1. The van der Waals surface area contributed by atoms with E-state index in [2.05, 4.69) is 10.3 Å². The van der Waals surface area contributed by atoms with Crippen LogP contribution < -0.4 is 5.32 Å². The fraction of sp³-hybridized carbons (Fsp3) is 0.125. The first kappa shape index (κ1) is 17.8. The van der Waals surface area contributed by atoms with Crippen molar-refractivity contribution in [1.82, 2.24) is 4.98 Å². The summed E-state index contributed by atoms with van der Waals surface area (Å²) in [5, 5.41) is 5.06. The van der Waals surface area contributed by atoms with E-state index in [1.807, 2.05) is 24.3 Å². The molecule has 1 heterocycles. The Labute approximate surface area is 162 Å². The van der Waals surface area contributed by atoms with Crippen molar-refractivity contribution >= 4 is 79.2 Å². The van der Waals surface area contributed by atoms with Crippen molar-refractivity contribution < 1.29 is 4.79 Å². The van der Waals surface area contributed by atoms with Gasteiger partial charge in [0, 0.05) is 27.1 Å². The zero-order chi connectivity index (χ0) is 17.1. The third kappa shape index (κ3) is 4.55. The Morgan fingerprint density at radius 2 is 1.88 bits per heavy atom. The molecule has 3 rings (SSSR count). The standard InChI is InChI=1S/C16H11Cl3N2OS2/c17-9-1-3-11(4-2-9)23-6-5-14(22)20-16-21-15-12(19)7-10(18)8-13(15)24-16/h1-4,7-8H,5-6H2,(H,20,21,22). The van der Waals surface area contributed by atoms with Crippen molar-refractivity contribution in [3.05, 3.63) is 51.5 Å². The van der Waals surface area contributed by atoms with E-state index in [1.54, 1.807) is 23.9 Å². The predicted octanol–water partition coefficient (Wildman–Crippen LogP) is 6.38. The lowest BCUT2D eigenvalue weighted by molar-refractivity contribution is -0.115. The summed E-state index contributed by atoms with van der Waals surface area (Å²) in [6, 6.07) is 11.0. The molecule has 0 spiro atoms. The molecule has 3 aromatic rings. The first-order valence-electron chi connectivity index (χ1n) is 6.95. The highest BCUT2D eigenvalue weighted by Crippen LogP contribution is 2.33. The number of carbonyl (C=O) groups excluding carboxylic acids is 1. The van der Waals surface area contributed by atoms with Crippen LogP contribution in [0, 0.1) is 0 Å². The highest BCUT2D eigenvalue weighted by atomic mass is 35.5. The molecule has 0 aliphatic rings. The van der Waals surface area contributed by atoms with E-state index in [4.69, 9.17) is 34.8 Å². The van der Waals surface area contributed by atoms with Crippen LogP contribution >= 0.6 is 57.9 Å². The molecular weight excluding hydrogens is 407 g/mol. The number of fused-ring (bicyclic) bond motifs is 1. The van der Waals surface area contributed by atoms with Gasteiger partial charge in [0.2, 0.25) is 5.91 Å². The van der Waals surface area contributed by atoms with Crippen molar-refractivity contribution in [3.8, 4) is 0 Å². The lowest BCUT2D eigenvalue weighted by Gasteiger charge is -2.02. The number of halogens is 3. The quantitative estimate of drug-likeness (QED) is 0.490. The third-order valence-electron chi connectivity index (χ3n) is 3.07. The zero-order valence-corrected chi connectivity index (χ0v) is 16.1. The second-order valence-electron chi connectivity index (χ2n) is 4.85. The van der Waals surface area contributed by atoms with Gasteiger partial charge in [0.05, 0.1) is 9.72 Å². The average Bonchev–Trinajstić information content (AvgIpc) is 2.92. The summed E-state index contributed by atoms with van der Waals surface area (Å²) in [6.45, 7) is 0. The zero-order valence-electron chi connectivity index (χ0n) is 12.2. The summed E-state index contributed by atoms with van der Waals surface area (Å²) in [7, 11) is 0. The van der Waals surface area contributed by atoms with Crippen LogP contribution in [0.2, 0.25) is 15.1 Å². The average molecular weight is 418 g/mol. The van der Waals surface area contributed by atoms with Gasteiger partial charge in [-0.05, 0) is 36.4 Å². The topological polar surface area (TPSA) is 42.0 Å². The lowest BCUT2D eigenvalue weighted by Crippen LogP contribution is -2.11. The Kier molecular flexibility index (Phi) is 5.89. The molecule has 1 aromatic heterocycles. The summed E-state index contributed by atoms with van der Waals surface area (Å²) >= 11 is 20.9. The first-order valence-corrected chi connectivity index (χ1v) is 9.88. The van der Waals surface area contributed by atoms with Gasteiger partial charge >= 0.3 is 0 Å². The monoisotopic (exact) mass is 416 g/mol. The molecule has 0 radical (unpaired) electrons. The van der Waals surface area contributed by atoms with E-state index in [9.17, 15) is 4.79 Å². The molecule has 24 heavy (non-hydrogen) atoms. The van der Waals surface area contributed by atoms with Gasteiger partial charge < -0.3 is 5.32 Å². The highest BCUT2D eigenvalue weighted by Gasteiger charge is 2.11. The number of hydrogen-bond donors (Lipinski definition) is 1. The Hall–Kier alpha value is -0.980. The number of carbonyl (C=O) groups is 1. The van der Waals surface area contributed by atoms with Crippen LogP contribution in [0.15, 0.2) is 41.3 Å². The second kappa shape index (κ2) is 7.93. The number of benzene rings is 2. The minimum atomic E-state index is -0.0854. The normalized spacial score (nSPS) is 11.0. The van der Waals surface area contributed by atoms with Crippen molar-refractivity contribution in [2.45, 2.75) is 11.3 Å². The van der Waals surface area contributed by atoms with E-state index in [-0.39, 0.29) is 5.91 Å². The maximum Gasteiger partial charge on any atom is 0.226 e. The molecule has 1 amide bonds. The summed E-state index contributed by atoms with van der Waals surface area (Å²) in [4.78, 5) is 17.5. The van der Waals surface area contributed by atoms with Gasteiger partial charge in [0.25, 0.3) is 0 Å². The number of aromatic nitrogens is 1. The number of nitrogens with one attached hydrogen (secondary N) is 1.